The molecule has 0 bridgehead atoms. The van der Waals surface area contributed by atoms with Crippen molar-refractivity contribution in [2.75, 3.05) is 27.4 Å². The Kier molecular flexibility index (Phi) is 6.85. The summed E-state index contributed by atoms with van der Waals surface area (Å²) in [5.41, 5.74) is 4.26. The smallest absolute Gasteiger partial charge is 0.290 e. The van der Waals surface area contributed by atoms with Gasteiger partial charge in [0.1, 0.15) is 11.3 Å². The maximum Gasteiger partial charge on any atom is 0.290 e. The van der Waals surface area contributed by atoms with E-state index in [9.17, 15) is 9.59 Å². The standard InChI is InChI=1S/C31H31NO6/c1-6-37-22-10-8-21(9-11-22)27-26-28(33)23-16-18(2)15-19(3)29(23)38-30(26)31(34)32(27)14-13-20-7-12-24(35-4)25(17-20)36-5/h7-12,15-17,27H,6,13-14H2,1-5H3/t27-/m1/s1. The number of rotatable bonds is 8. The number of benzene rings is 3. The first-order valence-electron chi connectivity index (χ1n) is 12.7. The van der Waals surface area contributed by atoms with Crippen LogP contribution in [0, 0.1) is 13.8 Å². The van der Waals surface area contributed by atoms with Gasteiger partial charge in [0.25, 0.3) is 5.91 Å². The summed E-state index contributed by atoms with van der Waals surface area (Å²) < 4.78 is 22.6. The lowest BCUT2D eigenvalue weighted by Crippen LogP contribution is -2.31. The molecule has 0 saturated heterocycles. The summed E-state index contributed by atoms with van der Waals surface area (Å²) in [5.74, 6) is 1.81. The Balaban J connectivity index is 1.60. The van der Waals surface area contributed by atoms with E-state index < -0.39 is 6.04 Å². The Morgan fingerprint density at radius 3 is 2.34 bits per heavy atom. The first-order valence-corrected chi connectivity index (χ1v) is 12.7. The molecule has 1 amide bonds. The van der Waals surface area contributed by atoms with Gasteiger partial charge in [0.05, 0.1) is 37.8 Å². The van der Waals surface area contributed by atoms with E-state index in [2.05, 4.69) is 0 Å². The van der Waals surface area contributed by atoms with Crippen molar-refractivity contribution in [3.63, 3.8) is 0 Å². The minimum absolute atomic E-state index is 0.112. The summed E-state index contributed by atoms with van der Waals surface area (Å²) >= 11 is 0. The highest BCUT2D eigenvalue weighted by Crippen LogP contribution is 2.39. The van der Waals surface area contributed by atoms with Crippen LogP contribution in [0.5, 0.6) is 17.2 Å². The van der Waals surface area contributed by atoms with E-state index in [1.807, 2.05) is 75.4 Å². The van der Waals surface area contributed by atoms with Gasteiger partial charge < -0.3 is 23.5 Å². The number of carbonyl (C=O) groups excluding carboxylic acids is 1. The number of carbonyl (C=O) groups is 1. The molecule has 0 unspecified atom stereocenters. The Bertz CT molecular complexity index is 1570. The third-order valence-electron chi connectivity index (χ3n) is 6.99. The average Bonchev–Trinajstić information content (AvgIpc) is 3.20. The molecule has 1 aliphatic rings. The summed E-state index contributed by atoms with van der Waals surface area (Å²) in [6, 6.07) is 16.5. The largest absolute Gasteiger partial charge is 0.494 e. The molecule has 1 aromatic heterocycles. The zero-order valence-electron chi connectivity index (χ0n) is 22.3. The molecule has 0 radical (unpaired) electrons. The normalized spacial score (nSPS) is 14.6. The molecule has 7 nitrogen and oxygen atoms in total. The predicted molar refractivity (Wildman–Crippen MR) is 146 cm³/mol. The van der Waals surface area contributed by atoms with Gasteiger partial charge in [0.15, 0.2) is 16.9 Å². The summed E-state index contributed by atoms with van der Waals surface area (Å²) in [4.78, 5) is 29.4. The van der Waals surface area contributed by atoms with Crippen LogP contribution in [0.1, 0.15) is 51.3 Å². The highest BCUT2D eigenvalue weighted by molar-refractivity contribution is 5.99. The number of hydrogen-bond donors (Lipinski definition) is 0. The molecule has 38 heavy (non-hydrogen) atoms. The fourth-order valence-corrected chi connectivity index (χ4v) is 5.25. The van der Waals surface area contributed by atoms with Crippen LogP contribution < -0.4 is 19.6 Å². The molecule has 3 aromatic carbocycles. The van der Waals surface area contributed by atoms with Crippen molar-refractivity contribution >= 4 is 16.9 Å². The average molecular weight is 514 g/mol. The summed E-state index contributed by atoms with van der Waals surface area (Å²) in [5, 5.41) is 0.492. The van der Waals surface area contributed by atoms with Gasteiger partial charge in [-0.05, 0) is 79.8 Å². The van der Waals surface area contributed by atoms with Gasteiger partial charge in [-0.2, -0.15) is 0 Å². The van der Waals surface area contributed by atoms with Crippen LogP contribution in [0.3, 0.4) is 0 Å². The van der Waals surface area contributed by atoms with Gasteiger partial charge in [0, 0.05) is 6.54 Å². The third kappa shape index (κ3) is 4.38. The minimum Gasteiger partial charge on any atom is -0.494 e. The van der Waals surface area contributed by atoms with Crippen LogP contribution in [-0.4, -0.2) is 38.2 Å². The van der Waals surface area contributed by atoms with Gasteiger partial charge in [0.2, 0.25) is 5.76 Å². The Hall–Kier alpha value is -4.26. The van der Waals surface area contributed by atoms with Crippen LogP contribution in [0.25, 0.3) is 11.0 Å². The molecule has 0 aliphatic carbocycles. The molecule has 0 N–H and O–H groups in total. The lowest BCUT2D eigenvalue weighted by molar-refractivity contribution is 0.0730. The van der Waals surface area contributed by atoms with E-state index in [-0.39, 0.29) is 17.1 Å². The second-order valence-corrected chi connectivity index (χ2v) is 9.47. The summed E-state index contributed by atoms with van der Waals surface area (Å²) in [6.45, 7) is 6.70. The monoisotopic (exact) mass is 513 g/mol. The van der Waals surface area contributed by atoms with Crippen LogP contribution in [0.2, 0.25) is 0 Å². The SMILES string of the molecule is CCOc1ccc([C@@H]2c3c(oc4c(C)cc(C)cc4c3=O)C(=O)N2CCc2ccc(OC)c(OC)c2)cc1. The van der Waals surface area contributed by atoms with Crippen LogP contribution in [-0.2, 0) is 6.42 Å². The number of aryl methyl sites for hydroxylation is 2. The quantitative estimate of drug-likeness (QED) is 0.305. The molecule has 1 aliphatic heterocycles. The van der Waals surface area contributed by atoms with Crippen molar-refractivity contribution < 1.29 is 23.4 Å². The fraction of sp³-hybridized carbons (Fsp3) is 0.290. The predicted octanol–water partition coefficient (Wildman–Crippen LogP) is 5.61. The lowest BCUT2D eigenvalue weighted by atomic mass is 9.97. The number of ether oxygens (including phenoxy) is 3. The third-order valence-corrected chi connectivity index (χ3v) is 6.99. The van der Waals surface area contributed by atoms with E-state index in [1.165, 1.54) is 0 Å². The maximum atomic E-state index is 13.9. The Morgan fingerprint density at radius 2 is 1.66 bits per heavy atom. The maximum absolute atomic E-state index is 13.9. The number of fused-ring (bicyclic) bond motifs is 2. The van der Waals surface area contributed by atoms with Gasteiger partial charge in [-0.15, -0.1) is 0 Å². The first-order chi connectivity index (χ1) is 18.4. The van der Waals surface area contributed by atoms with Gasteiger partial charge in [-0.3, -0.25) is 9.59 Å². The number of hydrogen-bond acceptors (Lipinski definition) is 6. The molecule has 0 spiro atoms. The molecular formula is C31H31NO6. The van der Waals surface area contributed by atoms with Crippen molar-refractivity contribution in [2.24, 2.45) is 0 Å². The van der Waals surface area contributed by atoms with Crippen molar-refractivity contribution in [3.05, 3.63) is 98.4 Å². The molecule has 2 heterocycles. The zero-order chi connectivity index (χ0) is 27.0. The molecule has 4 aromatic rings. The fourth-order valence-electron chi connectivity index (χ4n) is 5.25. The minimum atomic E-state index is -0.574. The topological polar surface area (TPSA) is 78.2 Å². The van der Waals surface area contributed by atoms with Gasteiger partial charge >= 0.3 is 0 Å². The van der Waals surface area contributed by atoms with E-state index in [0.29, 0.717) is 47.6 Å². The number of amides is 1. The molecule has 5 rings (SSSR count). The summed E-state index contributed by atoms with van der Waals surface area (Å²) in [7, 11) is 3.19. The van der Waals surface area contributed by atoms with Crippen LogP contribution in [0.4, 0.5) is 0 Å². The lowest BCUT2D eigenvalue weighted by Gasteiger charge is -2.25. The molecule has 0 fully saturated rings. The highest BCUT2D eigenvalue weighted by atomic mass is 16.5. The highest BCUT2D eigenvalue weighted by Gasteiger charge is 2.42. The van der Waals surface area contributed by atoms with Gasteiger partial charge in [-0.25, -0.2) is 0 Å². The van der Waals surface area contributed by atoms with Gasteiger partial charge in [-0.1, -0.05) is 24.3 Å². The van der Waals surface area contributed by atoms with E-state index >= 15 is 0 Å². The molecule has 0 saturated carbocycles. The number of methoxy groups -OCH3 is 2. The first kappa shape index (κ1) is 25.4. The second-order valence-electron chi connectivity index (χ2n) is 9.47. The number of nitrogens with zero attached hydrogens (tertiary/aromatic N) is 1. The molecule has 196 valence electrons. The van der Waals surface area contributed by atoms with Crippen LogP contribution >= 0.6 is 0 Å². The van der Waals surface area contributed by atoms with Crippen molar-refractivity contribution in [2.45, 2.75) is 33.2 Å². The molecule has 7 heteroatoms. The van der Waals surface area contributed by atoms with E-state index in [4.69, 9.17) is 18.6 Å². The van der Waals surface area contributed by atoms with E-state index in [0.717, 1.165) is 28.0 Å². The zero-order valence-corrected chi connectivity index (χ0v) is 22.3. The summed E-state index contributed by atoms with van der Waals surface area (Å²) in [6.07, 6.45) is 0.555. The molecule has 1 atom stereocenters. The van der Waals surface area contributed by atoms with E-state index in [1.54, 1.807) is 19.1 Å². The second kappa shape index (κ2) is 10.2. The van der Waals surface area contributed by atoms with Crippen LogP contribution in [0.15, 0.2) is 63.8 Å². The molecular weight excluding hydrogens is 482 g/mol. The Labute approximate surface area is 221 Å². The van der Waals surface area contributed by atoms with Crippen molar-refractivity contribution in [1.82, 2.24) is 4.90 Å². The van der Waals surface area contributed by atoms with Crippen molar-refractivity contribution in [1.29, 1.82) is 0 Å². The van der Waals surface area contributed by atoms with Crippen molar-refractivity contribution in [3.8, 4) is 17.2 Å². The Morgan fingerprint density at radius 1 is 0.921 bits per heavy atom.